The second-order valence-corrected chi connectivity index (χ2v) is 6.16. The minimum absolute atomic E-state index is 0.0734. The maximum absolute atomic E-state index is 12.4. The zero-order valence-corrected chi connectivity index (χ0v) is 13.0. The molecule has 20 heavy (non-hydrogen) atoms. The molecule has 2 atom stereocenters. The highest BCUT2D eigenvalue weighted by molar-refractivity contribution is 5.81. The van der Waals surface area contributed by atoms with E-state index in [1.54, 1.807) is 0 Å². The van der Waals surface area contributed by atoms with Gasteiger partial charge in [-0.25, -0.2) is 0 Å². The van der Waals surface area contributed by atoms with Gasteiger partial charge in [-0.1, -0.05) is 13.3 Å². The standard InChI is InChI=1S/C16H29NO3/c1-3-5-11-20-14-7-6-10-16(12-14,15(18)19-4-2)17-13-8-9-13/h13-14,17H,3-12H2,1-2H3. The largest absolute Gasteiger partial charge is 0.465 e. The Bertz CT molecular complexity index is 317. The summed E-state index contributed by atoms with van der Waals surface area (Å²) < 4.78 is 11.3. The van der Waals surface area contributed by atoms with Crippen molar-refractivity contribution in [3.8, 4) is 0 Å². The fourth-order valence-corrected chi connectivity index (χ4v) is 3.02. The Labute approximate surface area is 122 Å². The topological polar surface area (TPSA) is 47.6 Å². The number of nitrogens with one attached hydrogen (secondary N) is 1. The first-order valence-corrected chi connectivity index (χ1v) is 8.26. The van der Waals surface area contributed by atoms with Gasteiger partial charge in [0.05, 0.1) is 12.7 Å². The molecule has 116 valence electrons. The van der Waals surface area contributed by atoms with E-state index in [4.69, 9.17) is 9.47 Å². The van der Waals surface area contributed by atoms with Gasteiger partial charge in [0.15, 0.2) is 0 Å². The van der Waals surface area contributed by atoms with E-state index >= 15 is 0 Å². The molecule has 4 heteroatoms. The molecule has 2 rings (SSSR count). The summed E-state index contributed by atoms with van der Waals surface area (Å²) in [5.41, 5.74) is -0.494. The first-order valence-electron chi connectivity index (χ1n) is 8.26. The molecule has 1 N–H and O–H groups in total. The summed E-state index contributed by atoms with van der Waals surface area (Å²) in [4.78, 5) is 12.4. The number of esters is 1. The van der Waals surface area contributed by atoms with Gasteiger partial charge in [-0.05, 0) is 45.4 Å². The van der Waals surface area contributed by atoms with Crippen LogP contribution in [0.15, 0.2) is 0 Å². The third-order valence-corrected chi connectivity index (χ3v) is 4.28. The van der Waals surface area contributed by atoms with Gasteiger partial charge in [0.2, 0.25) is 0 Å². The Morgan fingerprint density at radius 3 is 2.75 bits per heavy atom. The molecule has 2 aliphatic carbocycles. The molecule has 2 saturated carbocycles. The van der Waals surface area contributed by atoms with Gasteiger partial charge in [0, 0.05) is 19.1 Å². The maximum atomic E-state index is 12.4. The molecule has 0 aromatic rings. The summed E-state index contributed by atoms with van der Waals surface area (Å²) in [6, 6.07) is 0.508. The fraction of sp³-hybridized carbons (Fsp3) is 0.938. The van der Waals surface area contributed by atoms with E-state index in [1.165, 1.54) is 12.8 Å². The summed E-state index contributed by atoms with van der Waals surface area (Å²) in [6.45, 7) is 5.31. The van der Waals surface area contributed by atoms with E-state index in [2.05, 4.69) is 12.2 Å². The molecular weight excluding hydrogens is 254 g/mol. The first kappa shape index (κ1) is 15.8. The van der Waals surface area contributed by atoms with Crippen LogP contribution < -0.4 is 5.32 Å². The molecule has 0 aromatic carbocycles. The Morgan fingerprint density at radius 2 is 2.10 bits per heavy atom. The minimum Gasteiger partial charge on any atom is -0.465 e. The van der Waals surface area contributed by atoms with Crippen LogP contribution in [0.1, 0.15) is 65.2 Å². The third kappa shape index (κ3) is 4.19. The smallest absolute Gasteiger partial charge is 0.326 e. The molecule has 2 aliphatic rings. The Hall–Kier alpha value is -0.610. The Kier molecular flexibility index (Phi) is 5.85. The minimum atomic E-state index is -0.494. The first-order chi connectivity index (χ1) is 9.70. The summed E-state index contributed by atoms with van der Waals surface area (Å²) in [5, 5.41) is 3.56. The molecule has 0 spiro atoms. The highest BCUT2D eigenvalue weighted by atomic mass is 16.5. The quantitative estimate of drug-likeness (QED) is 0.549. The van der Waals surface area contributed by atoms with Gasteiger partial charge in [-0.3, -0.25) is 10.1 Å². The molecule has 0 radical (unpaired) electrons. The lowest BCUT2D eigenvalue weighted by molar-refractivity contribution is -0.155. The van der Waals surface area contributed by atoms with Crippen molar-refractivity contribution in [3.05, 3.63) is 0 Å². The van der Waals surface area contributed by atoms with Crippen LogP contribution in [0.4, 0.5) is 0 Å². The van der Waals surface area contributed by atoms with E-state index in [-0.39, 0.29) is 12.1 Å². The van der Waals surface area contributed by atoms with Crippen molar-refractivity contribution in [1.82, 2.24) is 5.32 Å². The molecule has 4 nitrogen and oxygen atoms in total. The molecule has 0 saturated heterocycles. The third-order valence-electron chi connectivity index (χ3n) is 4.28. The van der Waals surface area contributed by atoms with Gasteiger partial charge in [0.1, 0.15) is 5.54 Å². The van der Waals surface area contributed by atoms with Crippen LogP contribution in [0.3, 0.4) is 0 Å². The number of carbonyl (C=O) groups excluding carboxylic acids is 1. The summed E-state index contributed by atoms with van der Waals surface area (Å²) >= 11 is 0. The fourth-order valence-electron chi connectivity index (χ4n) is 3.02. The highest BCUT2D eigenvalue weighted by Gasteiger charge is 2.47. The molecule has 0 amide bonds. The van der Waals surface area contributed by atoms with Gasteiger partial charge in [-0.15, -0.1) is 0 Å². The number of rotatable bonds is 8. The van der Waals surface area contributed by atoms with Crippen molar-refractivity contribution < 1.29 is 14.3 Å². The lowest BCUT2D eigenvalue weighted by Crippen LogP contribution is -2.57. The molecule has 0 bridgehead atoms. The number of carbonyl (C=O) groups is 1. The summed E-state index contributed by atoms with van der Waals surface area (Å²) in [6.07, 6.45) is 8.57. The molecule has 0 aromatic heterocycles. The zero-order valence-electron chi connectivity index (χ0n) is 13.0. The van der Waals surface area contributed by atoms with Gasteiger partial charge >= 0.3 is 5.97 Å². The summed E-state index contributed by atoms with van der Waals surface area (Å²) in [7, 11) is 0. The predicted molar refractivity (Wildman–Crippen MR) is 78.6 cm³/mol. The molecular formula is C16H29NO3. The summed E-state index contributed by atoms with van der Waals surface area (Å²) in [5.74, 6) is -0.0734. The van der Waals surface area contributed by atoms with Crippen molar-refractivity contribution in [2.24, 2.45) is 0 Å². The average molecular weight is 283 g/mol. The van der Waals surface area contributed by atoms with Crippen LogP contribution in [0.2, 0.25) is 0 Å². The van der Waals surface area contributed by atoms with Crippen molar-refractivity contribution in [2.45, 2.75) is 82.9 Å². The predicted octanol–water partition coefficient (Wildman–Crippen LogP) is 2.80. The van der Waals surface area contributed by atoms with Crippen LogP contribution in [0.25, 0.3) is 0 Å². The van der Waals surface area contributed by atoms with Crippen molar-refractivity contribution in [2.75, 3.05) is 13.2 Å². The average Bonchev–Trinajstić information content (AvgIpc) is 3.23. The normalized spacial score (nSPS) is 30.2. The lowest BCUT2D eigenvalue weighted by Gasteiger charge is -2.39. The van der Waals surface area contributed by atoms with Crippen molar-refractivity contribution in [1.29, 1.82) is 0 Å². The van der Waals surface area contributed by atoms with Crippen LogP contribution >= 0.6 is 0 Å². The Balaban J connectivity index is 1.95. The van der Waals surface area contributed by atoms with Crippen LogP contribution in [-0.2, 0) is 14.3 Å². The molecule has 2 fully saturated rings. The van der Waals surface area contributed by atoms with E-state index in [0.717, 1.165) is 45.1 Å². The van der Waals surface area contributed by atoms with E-state index < -0.39 is 5.54 Å². The maximum Gasteiger partial charge on any atom is 0.326 e. The van der Waals surface area contributed by atoms with E-state index in [1.807, 2.05) is 6.92 Å². The number of ether oxygens (including phenoxy) is 2. The van der Waals surface area contributed by atoms with Gasteiger partial charge in [-0.2, -0.15) is 0 Å². The van der Waals surface area contributed by atoms with Gasteiger partial charge < -0.3 is 9.47 Å². The second-order valence-electron chi connectivity index (χ2n) is 6.16. The van der Waals surface area contributed by atoms with E-state index in [9.17, 15) is 4.79 Å². The second kappa shape index (κ2) is 7.41. The van der Waals surface area contributed by atoms with Crippen LogP contribution in [-0.4, -0.2) is 36.9 Å². The van der Waals surface area contributed by atoms with Crippen LogP contribution in [0, 0.1) is 0 Å². The number of unbranched alkanes of at least 4 members (excludes halogenated alkanes) is 1. The van der Waals surface area contributed by atoms with Gasteiger partial charge in [0.25, 0.3) is 0 Å². The van der Waals surface area contributed by atoms with E-state index in [0.29, 0.717) is 12.6 Å². The Morgan fingerprint density at radius 1 is 1.30 bits per heavy atom. The van der Waals surface area contributed by atoms with Crippen molar-refractivity contribution in [3.63, 3.8) is 0 Å². The number of hydrogen-bond acceptors (Lipinski definition) is 4. The lowest BCUT2D eigenvalue weighted by atomic mass is 9.79. The zero-order chi connectivity index (χ0) is 14.4. The van der Waals surface area contributed by atoms with Crippen molar-refractivity contribution >= 4 is 5.97 Å². The highest BCUT2D eigenvalue weighted by Crippen LogP contribution is 2.35. The monoisotopic (exact) mass is 283 g/mol. The SMILES string of the molecule is CCCCOC1CCCC(NC2CC2)(C(=O)OCC)C1. The number of hydrogen-bond donors (Lipinski definition) is 1. The molecule has 2 unspecified atom stereocenters. The molecule has 0 aliphatic heterocycles. The molecule has 0 heterocycles. The van der Waals surface area contributed by atoms with Crippen LogP contribution in [0.5, 0.6) is 0 Å².